The van der Waals surface area contributed by atoms with E-state index in [2.05, 4.69) is 15.3 Å². The first-order valence-corrected chi connectivity index (χ1v) is 4.74. The number of nitrogens with one attached hydrogen (secondary N) is 1. The molecule has 0 aromatic carbocycles. The van der Waals surface area contributed by atoms with Crippen LogP contribution >= 0.6 is 0 Å². The molecule has 0 fully saturated rings. The molecule has 1 rings (SSSR count). The van der Waals surface area contributed by atoms with E-state index in [1.54, 1.807) is 6.92 Å². The number of nitrogens with zero attached hydrogens (tertiary/aromatic N) is 2. The number of carbonyl (C=O) groups excluding carboxylic acids is 1. The van der Waals surface area contributed by atoms with Crippen molar-refractivity contribution >= 4 is 5.91 Å². The second-order valence-corrected chi connectivity index (χ2v) is 3.40. The van der Waals surface area contributed by atoms with E-state index < -0.39 is 17.9 Å². The maximum absolute atomic E-state index is 12.1. The van der Waals surface area contributed by atoms with Crippen molar-refractivity contribution in [1.82, 2.24) is 15.3 Å². The van der Waals surface area contributed by atoms with Gasteiger partial charge in [0.05, 0.1) is 5.56 Å². The van der Waals surface area contributed by atoms with Crippen LogP contribution in [0.3, 0.4) is 0 Å². The average Bonchev–Trinajstić information content (AvgIpc) is 2.27. The minimum absolute atomic E-state index is 0.0432. The highest BCUT2D eigenvalue weighted by atomic mass is 19.4. The van der Waals surface area contributed by atoms with Crippen LogP contribution in [0.5, 0.6) is 0 Å². The van der Waals surface area contributed by atoms with Gasteiger partial charge < -0.3 is 11.1 Å². The molecule has 1 amide bonds. The molecule has 94 valence electrons. The first-order chi connectivity index (χ1) is 7.84. The molecule has 1 unspecified atom stereocenters. The molecule has 5 nitrogen and oxygen atoms in total. The molecule has 1 atom stereocenters. The van der Waals surface area contributed by atoms with Gasteiger partial charge in [-0.3, -0.25) is 4.79 Å². The summed E-state index contributed by atoms with van der Waals surface area (Å²) in [5, 5.41) is 2.48. The highest BCUT2D eigenvalue weighted by molar-refractivity contribution is 5.93. The quantitative estimate of drug-likeness (QED) is 0.819. The van der Waals surface area contributed by atoms with Crippen LogP contribution in [0, 0.1) is 0 Å². The standard InChI is InChI=1S/C9H11F3N4O/c1-5(2-13)16-7(17)6-3-14-8(15-4-6)9(10,11)12/h3-5H,2,13H2,1H3,(H,16,17). The first-order valence-electron chi connectivity index (χ1n) is 4.74. The number of carbonyl (C=O) groups is 1. The van der Waals surface area contributed by atoms with Crippen LogP contribution in [-0.4, -0.2) is 28.5 Å². The molecular weight excluding hydrogens is 237 g/mol. The van der Waals surface area contributed by atoms with Crippen molar-refractivity contribution in [1.29, 1.82) is 0 Å². The van der Waals surface area contributed by atoms with Crippen LogP contribution in [0.1, 0.15) is 23.1 Å². The van der Waals surface area contributed by atoms with Crippen molar-refractivity contribution in [2.24, 2.45) is 5.73 Å². The molecule has 3 N–H and O–H groups in total. The fourth-order valence-corrected chi connectivity index (χ4v) is 0.958. The van der Waals surface area contributed by atoms with Crippen molar-refractivity contribution < 1.29 is 18.0 Å². The fraction of sp³-hybridized carbons (Fsp3) is 0.444. The van der Waals surface area contributed by atoms with Gasteiger partial charge in [-0.2, -0.15) is 13.2 Å². The number of amides is 1. The lowest BCUT2D eigenvalue weighted by atomic mass is 10.2. The number of rotatable bonds is 3. The maximum Gasteiger partial charge on any atom is 0.451 e. The van der Waals surface area contributed by atoms with E-state index in [1.165, 1.54) is 0 Å². The Kier molecular flexibility index (Phi) is 4.00. The fourth-order valence-electron chi connectivity index (χ4n) is 0.958. The van der Waals surface area contributed by atoms with Crippen LogP contribution in [0.2, 0.25) is 0 Å². The Morgan fingerprint density at radius 3 is 2.41 bits per heavy atom. The van der Waals surface area contributed by atoms with Gasteiger partial charge in [0.15, 0.2) is 0 Å². The summed E-state index contributed by atoms with van der Waals surface area (Å²) in [5.41, 5.74) is 5.24. The number of halogens is 3. The molecule has 1 aromatic heterocycles. The lowest BCUT2D eigenvalue weighted by molar-refractivity contribution is -0.145. The Morgan fingerprint density at radius 1 is 1.47 bits per heavy atom. The lowest BCUT2D eigenvalue weighted by Crippen LogP contribution is -2.37. The van der Waals surface area contributed by atoms with E-state index in [-0.39, 0.29) is 18.2 Å². The Morgan fingerprint density at radius 2 is 2.00 bits per heavy atom. The maximum atomic E-state index is 12.1. The van der Waals surface area contributed by atoms with E-state index in [4.69, 9.17) is 5.73 Å². The topological polar surface area (TPSA) is 80.9 Å². The average molecular weight is 248 g/mol. The molecule has 1 heterocycles. The second kappa shape index (κ2) is 5.09. The summed E-state index contributed by atoms with van der Waals surface area (Å²) in [6, 6.07) is -0.273. The van der Waals surface area contributed by atoms with Gasteiger partial charge >= 0.3 is 6.18 Å². The molecule has 17 heavy (non-hydrogen) atoms. The summed E-state index contributed by atoms with van der Waals surface area (Å²) >= 11 is 0. The predicted octanol–water partition coefficient (Wildman–Crippen LogP) is 0.572. The molecule has 8 heteroatoms. The summed E-state index contributed by atoms with van der Waals surface area (Å²) in [5.74, 6) is -1.84. The summed E-state index contributed by atoms with van der Waals surface area (Å²) < 4.78 is 36.4. The second-order valence-electron chi connectivity index (χ2n) is 3.40. The van der Waals surface area contributed by atoms with Gasteiger partial charge in [-0.25, -0.2) is 9.97 Å². The third-order valence-electron chi connectivity index (χ3n) is 1.90. The van der Waals surface area contributed by atoms with Crippen LogP contribution in [0.25, 0.3) is 0 Å². The summed E-state index contributed by atoms with van der Waals surface area (Å²) in [7, 11) is 0. The zero-order valence-electron chi connectivity index (χ0n) is 8.95. The molecule has 0 aliphatic carbocycles. The molecule has 0 radical (unpaired) electrons. The van der Waals surface area contributed by atoms with Crippen LogP contribution < -0.4 is 11.1 Å². The third kappa shape index (κ3) is 3.66. The van der Waals surface area contributed by atoms with Crippen molar-refractivity contribution in [3.63, 3.8) is 0 Å². The highest BCUT2D eigenvalue weighted by Crippen LogP contribution is 2.25. The lowest BCUT2D eigenvalue weighted by Gasteiger charge is -2.11. The van der Waals surface area contributed by atoms with E-state index in [9.17, 15) is 18.0 Å². The molecule has 0 spiro atoms. The van der Waals surface area contributed by atoms with E-state index in [0.29, 0.717) is 0 Å². The largest absolute Gasteiger partial charge is 0.451 e. The van der Waals surface area contributed by atoms with Crippen LogP contribution in [0.4, 0.5) is 13.2 Å². The van der Waals surface area contributed by atoms with Gasteiger partial charge in [-0.15, -0.1) is 0 Å². The van der Waals surface area contributed by atoms with E-state index >= 15 is 0 Å². The molecule has 0 aliphatic heterocycles. The van der Waals surface area contributed by atoms with Gasteiger partial charge in [0.1, 0.15) is 0 Å². The molecule has 0 saturated heterocycles. The monoisotopic (exact) mass is 248 g/mol. The van der Waals surface area contributed by atoms with Gasteiger partial charge in [-0.05, 0) is 6.92 Å². The normalized spacial score (nSPS) is 13.2. The van der Waals surface area contributed by atoms with E-state index in [0.717, 1.165) is 12.4 Å². The summed E-state index contributed by atoms with van der Waals surface area (Å²) in [6.07, 6.45) is -2.96. The van der Waals surface area contributed by atoms with Gasteiger partial charge in [0.25, 0.3) is 5.91 Å². The van der Waals surface area contributed by atoms with Crippen molar-refractivity contribution in [3.8, 4) is 0 Å². The van der Waals surface area contributed by atoms with Gasteiger partial charge in [0, 0.05) is 25.0 Å². The molecule has 1 aromatic rings. The Balaban J connectivity index is 2.78. The summed E-state index contributed by atoms with van der Waals surface area (Å²) in [6.45, 7) is 1.90. The van der Waals surface area contributed by atoms with E-state index in [1.807, 2.05) is 0 Å². The zero-order valence-corrected chi connectivity index (χ0v) is 8.95. The van der Waals surface area contributed by atoms with Crippen LogP contribution in [0.15, 0.2) is 12.4 Å². The zero-order chi connectivity index (χ0) is 13.1. The Labute approximate surface area is 95.2 Å². The highest BCUT2D eigenvalue weighted by Gasteiger charge is 2.34. The third-order valence-corrected chi connectivity index (χ3v) is 1.90. The minimum atomic E-state index is -4.61. The number of nitrogens with two attached hydrogens (primary N) is 1. The van der Waals surface area contributed by atoms with Crippen molar-refractivity contribution in [2.75, 3.05) is 6.54 Å². The predicted molar refractivity (Wildman–Crippen MR) is 53.0 cm³/mol. The molecular formula is C9H11F3N4O. The number of aromatic nitrogens is 2. The molecule has 0 bridgehead atoms. The van der Waals surface area contributed by atoms with Crippen molar-refractivity contribution in [3.05, 3.63) is 23.8 Å². The number of hydrogen-bond acceptors (Lipinski definition) is 4. The Bertz CT molecular complexity index is 390. The first kappa shape index (κ1) is 13.4. The van der Waals surface area contributed by atoms with Gasteiger partial charge in [0.2, 0.25) is 5.82 Å². The van der Waals surface area contributed by atoms with Crippen LogP contribution in [-0.2, 0) is 6.18 Å². The SMILES string of the molecule is CC(CN)NC(=O)c1cnc(C(F)(F)F)nc1. The molecule has 0 aliphatic rings. The number of hydrogen-bond donors (Lipinski definition) is 2. The summed E-state index contributed by atoms with van der Waals surface area (Å²) in [4.78, 5) is 17.6. The van der Waals surface area contributed by atoms with Gasteiger partial charge in [-0.1, -0.05) is 0 Å². The van der Waals surface area contributed by atoms with Crippen molar-refractivity contribution in [2.45, 2.75) is 19.1 Å². The Hall–Kier alpha value is -1.70. The molecule has 0 saturated carbocycles. The minimum Gasteiger partial charge on any atom is -0.348 e. The smallest absolute Gasteiger partial charge is 0.348 e. The number of alkyl halides is 3.